The quantitative estimate of drug-likeness (QED) is 0.108. The molecule has 0 amide bonds. The molecule has 2 unspecified atom stereocenters. The molecule has 0 aliphatic rings. The number of hydrogen-bond donors (Lipinski definition) is 0. The lowest BCUT2D eigenvalue weighted by atomic mass is 9.87. The van der Waals surface area contributed by atoms with E-state index in [0.717, 1.165) is 58.5 Å². The molecule has 0 bridgehead atoms. The van der Waals surface area contributed by atoms with Crippen molar-refractivity contribution in [1.29, 1.82) is 0 Å². The number of ether oxygens (including phenoxy) is 2. The zero-order valence-electron chi connectivity index (χ0n) is 49.1. The summed E-state index contributed by atoms with van der Waals surface area (Å²) in [6.07, 6.45) is 2.18. The Bertz CT molecular complexity index is 4080. The number of hydrogen-bond acceptors (Lipinski definition) is 4. The highest BCUT2D eigenvalue weighted by Gasteiger charge is 2.30. The van der Waals surface area contributed by atoms with Crippen LogP contribution in [0.3, 0.4) is 0 Å². The van der Waals surface area contributed by atoms with Crippen LogP contribution in [-0.4, -0.2) is 11.2 Å². The lowest BCUT2D eigenvalue weighted by Crippen LogP contribution is -2.22. The van der Waals surface area contributed by atoms with Crippen molar-refractivity contribution < 1.29 is 9.47 Å². The molecular weight excluding hydrogens is 997 g/mol. The van der Waals surface area contributed by atoms with Gasteiger partial charge in [-0.25, -0.2) is 0 Å². The third-order valence-corrected chi connectivity index (χ3v) is 16.9. The summed E-state index contributed by atoms with van der Waals surface area (Å²) in [5, 5.41) is 15.0. The van der Waals surface area contributed by atoms with Gasteiger partial charge in [0.1, 0.15) is 22.7 Å². The summed E-state index contributed by atoms with van der Waals surface area (Å²) in [4.78, 5) is 4.88. The first-order valence-corrected chi connectivity index (χ1v) is 29.5. The highest BCUT2D eigenvalue weighted by atomic mass is 16.5. The molecule has 4 heteroatoms. The van der Waals surface area contributed by atoms with Gasteiger partial charge in [0, 0.05) is 33.5 Å². The van der Waals surface area contributed by atoms with Crippen LogP contribution < -0.4 is 19.3 Å². The molecule has 0 aliphatic heterocycles. The Kier molecular flexibility index (Phi) is 13.2. The smallest absolute Gasteiger partial charge is 0.120 e. The second-order valence-corrected chi connectivity index (χ2v) is 24.6. The van der Waals surface area contributed by atoms with Gasteiger partial charge in [0.15, 0.2) is 0 Å². The second-order valence-electron chi connectivity index (χ2n) is 24.6. The van der Waals surface area contributed by atoms with Crippen molar-refractivity contribution in [3.63, 3.8) is 0 Å². The molecule has 0 aromatic heterocycles. The summed E-state index contributed by atoms with van der Waals surface area (Å²) in [6.45, 7) is 21.7. The molecule has 4 nitrogen and oxygen atoms in total. The summed E-state index contributed by atoms with van der Waals surface area (Å²) >= 11 is 0. The first-order chi connectivity index (χ1) is 39.7. The third kappa shape index (κ3) is 9.19. The van der Waals surface area contributed by atoms with Crippen molar-refractivity contribution in [2.45, 2.75) is 105 Å². The SMILES string of the molecule is CCC(C)c1ccc(N(c2ccc(OC(C)(C)C)cc2)c2ccc3c4c(-c5ccccc5)c5c6cccc7c(N(c8ccc(OC(C)(C)C)cc8)c8ccc(C(C)CC)cc8)ccc(c5c(-c5ccccc5)c4c4cccc2c43)c76)cc1. The Balaban J connectivity index is 1.11. The molecule has 13 aromatic rings. The van der Waals surface area contributed by atoms with Crippen LogP contribution in [0.5, 0.6) is 11.5 Å². The highest BCUT2D eigenvalue weighted by molar-refractivity contribution is 6.47. The molecule has 0 N–H and O–H groups in total. The minimum atomic E-state index is -0.314. The summed E-state index contributed by atoms with van der Waals surface area (Å²) in [7, 11) is 0. The van der Waals surface area contributed by atoms with Crippen molar-refractivity contribution in [3.05, 3.63) is 230 Å². The maximum atomic E-state index is 6.37. The van der Waals surface area contributed by atoms with Gasteiger partial charge >= 0.3 is 0 Å². The molecule has 0 heterocycles. The standard InChI is InChI=1S/C78H72N2O2/c1-11-49(3)51-29-33-55(34-30-51)79(57-37-41-59(42-38-57)81-77(5,6)7)67-47-45-65-71-61(67)25-19-27-63(71)73-69(53-21-15-13-16-22-53)76-66-46-48-68(62-26-20-28-64(72(62)66)74(76)70(75(65)73)54-23-17-14-18-24-54)80(56-35-31-52(32-36-56)50(4)12-2)58-39-43-60(44-40-58)82-78(8,9)10/h13-50H,11-12H2,1-10H3. The lowest BCUT2D eigenvalue weighted by molar-refractivity contribution is 0.130. The van der Waals surface area contributed by atoms with E-state index in [1.807, 2.05) is 0 Å². The van der Waals surface area contributed by atoms with E-state index < -0.39 is 0 Å². The number of nitrogens with zero attached hydrogens (tertiary/aromatic N) is 2. The first-order valence-electron chi connectivity index (χ1n) is 29.5. The summed E-state index contributed by atoms with van der Waals surface area (Å²) in [5.41, 5.74) is 13.6. The van der Waals surface area contributed by atoms with E-state index in [-0.39, 0.29) is 11.2 Å². The Morgan fingerprint density at radius 1 is 0.317 bits per heavy atom. The Morgan fingerprint density at radius 3 is 0.939 bits per heavy atom. The van der Waals surface area contributed by atoms with Gasteiger partial charge < -0.3 is 19.3 Å². The van der Waals surface area contributed by atoms with E-state index in [1.165, 1.54) is 98.0 Å². The molecule has 0 aliphatic carbocycles. The molecule has 0 saturated carbocycles. The molecule has 82 heavy (non-hydrogen) atoms. The van der Waals surface area contributed by atoms with E-state index >= 15 is 0 Å². The zero-order valence-corrected chi connectivity index (χ0v) is 49.1. The fraction of sp³-hybridized carbons (Fsp3) is 0.205. The summed E-state index contributed by atoms with van der Waals surface area (Å²) in [5.74, 6) is 2.64. The minimum Gasteiger partial charge on any atom is -0.488 e. The van der Waals surface area contributed by atoms with Crippen LogP contribution in [0.2, 0.25) is 0 Å². The Labute approximate surface area is 483 Å². The van der Waals surface area contributed by atoms with Crippen LogP contribution in [0.25, 0.3) is 86.9 Å². The van der Waals surface area contributed by atoms with Crippen molar-refractivity contribution in [2.75, 3.05) is 9.80 Å². The van der Waals surface area contributed by atoms with Gasteiger partial charge in [-0.05, 0) is 238 Å². The van der Waals surface area contributed by atoms with Crippen molar-refractivity contribution in [2.24, 2.45) is 0 Å². The largest absolute Gasteiger partial charge is 0.488 e. The van der Waals surface area contributed by atoms with Gasteiger partial charge in [-0.1, -0.05) is 161 Å². The molecule has 2 atom stereocenters. The maximum absolute atomic E-state index is 6.37. The van der Waals surface area contributed by atoms with Crippen LogP contribution in [0.15, 0.2) is 218 Å². The Morgan fingerprint density at radius 2 is 0.622 bits per heavy atom. The minimum absolute atomic E-state index is 0.314. The topological polar surface area (TPSA) is 24.9 Å². The summed E-state index contributed by atoms with van der Waals surface area (Å²) in [6, 6.07) is 81.7. The molecule has 0 spiro atoms. The number of benzene rings is 11. The summed E-state index contributed by atoms with van der Waals surface area (Å²) < 4.78 is 12.7. The van der Waals surface area contributed by atoms with E-state index in [2.05, 4.69) is 297 Å². The van der Waals surface area contributed by atoms with Gasteiger partial charge in [-0.3, -0.25) is 0 Å². The van der Waals surface area contributed by atoms with Crippen LogP contribution >= 0.6 is 0 Å². The maximum Gasteiger partial charge on any atom is 0.120 e. The van der Waals surface area contributed by atoms with E-state index in [9.17, 15) is 0 Å². The second kappa shape index (κ2) is 20.6. The van der Waals surface area contributed by atoms with Crippen molar-refractivity contribution in [3.8, 4) is 33.8 Å². The third-order valence-electron chi connectivity index (χ3n) is 16.9. The number of fused-ring (bicyclic) bond motifs is 6. The fourth-order valence-electron chi connectivity index (χ4n) is 12.9. The van der Waals surface area contributed by atoms with E-state index in [0.29, 0.717) is 11.8 Å². The van der Waals surface area contributed by atoms with Crippen LogP contribution in [0.4, 0.5) is 34.1 Å². The average molecular weight is 1070 g/mol. The van der Waals surface area contributed by atoms with E-state index in [4.69, 9.17) is 9.47 Å². The lowest BCUT2D eigenvalue weighted by Gasteiger charge is -2.28. The Hall–Kier alpha value is -8.86. The van der Waals surface area contributed by atoms with Gasteiger partial charge in [0.25, 0.3) is 0 Å². The number of anilines is 6. The molecule has 0 saturated heterocycles. The zero-order chi connectivity index (χ0) is 56.6. The fourth-order valence-corrected chi connectivity index (χ4v) is 12.9. The molecular formula is C78H72N2O2. The average Bonchev–Trinajstić information content (AvgIpc) is 2.04. The molecule has 13 rings (SSSR count). The van der Waals surface area contributed by atoms with Crippen LogP contribution in [0, 0.1) is 0 Å². The molecule has 406 valence electrons. The van der Waals surface area contributed by atoms with Crippen LogP contribution in [-0.2, 0) is 0 Å². The van der Waals surface area contributed by atoms with Crippen molar-refractivity contribution >= 4 is 98.8 Å². The molecule has 0 fully saturated rings. The molecule has 0 radical (unpaired) electrons. The first kappa shape index (κ1) is 52.5. The van der Waals surface area contributed by atoms with Gasteiger partial charge in [-0.15, -0.1) is 0 Å². The van der Waals surface area contributed by atoms with Crippen LogP contribution in [0.1, 0.15) is 105 Å². The van der Waals surface area contributed by atoms with E-state index in [1.54, 1.807) is 0 Å². The van der Waals surface area contributed by atoms with Gasteiger partial charge in [0.2, 0.25) is 0 Å². The highest BCUT2D eigenvalue weighted by Crippen LogP contribution is 2.58. The van der Waals surface area contributed by atoms with Gasteiger partial charge in [0.05, 0.1) is 11.4 Å². The normalized spacial score (nSPS) is 13.0. The van der Waals surface area contributed by atoms with Gasteiger partial charge in [-0.2, -0.15) is 0 Å². The molecule has 13 aromatic carbocycles. The van der Waals surface area contributed by atoms with Crippen molar-refractivity contribution in [1.82, 2.24) is 0 Å². The predicted molar refractivity (Wildman–Crippen MR) is 352 cm³/mol. The monoisotopic (exact) mass is 1070 g/mol. The predicted octanol–water partition coefficient (Wildman–Crippen LogP) is 23.1. The number of rotatable bonds is 14.